The van der Waals surface area contributed by atoms with Crippen LogP contribution in [-0.2, 0) is 9.05 Å². The quantitative estimate of drug-likeness (QED) is 0.792. The van der Waals surface area contributed by atoms with E-state index in [4.69, 9.17) is 22.3 Å². The van der Waals surface area contributed by atoms with Crippen molar-refractivity contribution >= 4 is 31.3 Å². The van der Waals surface area contributed by atoms with Crippen molar-refractivity contribution in [1.82, 2.24) is 9.78 Å². The first-order chi connectivity index (χ1) is 7.50. The van der Waals surface area contributed by atoms with E-state index in [9.17, 15) is 8.42 Å². The van der Waals surface area contributed by atoms with Crippen molar-refractivity contribution in [3.8, 4) is 5.69 Å². The number of para-hydroxylation sites is 1. The fraction of sp³-hybridized carbons (Fsp3) is 0. The van der Waals surface area contributed by atoms with Crippen LogP contribution in [0.4, 0.5) is 0 Å². The zero-order valence-corrected chi connectivity index (χ0v) is 10.2. The molecule has 0 radical (unpaired) electrons. The van der Waals surface area contributed by atoms with Crippen LogP contribution < -0.4 is 0 Å². The van der Waals surface area contributed by atoms with Gasteiger partial charge in [0, 0.05) is 23.1 Å². The molecule has 2 rings (SSSR count). The number of hydrogen-bond donors (Lipinski definition) is 0. The summed E-state index contributed by atoms with van der Waals surface area (Å²) in [7, 11) is 1.47. The Morgan fingerprint density at radius 3 is 2.56 bits per heavy atom. The molecule has 0 unspecified atom stereocenters. The van der Waals surface area contributed by atoms with Gasteiger partial charge in [-0.3, -0.25) is 0 Å². The SMILES string of the molecule is O=S(=O)(Cl)c1cccc(Cl)c1-n1cccn1. The van der Waals surface area contributed by atoms with Crippen LogP contribution >= 0.6 is 22.3 Å². The zero-order chi connectivity index (χ0) is 11.8. The van der Waals surface area contributed by atoms with Gasteiger partial charge in [-0.05, 0) is 18.2 Å². The molecule has 0 spiro atoms. The van der Waals surface area contributed by atoms with Crippen LogP contribution in [0.3, 0.4) is 0 Å². The summed E-state index contributed by atoms with van der Waals surface area (Å²) >= 11 is 5.94. The third-order valence-electron chi connectivity index (χ3n) is 1.95. The van der Waals surface area contributed by atoms with Crippen LogP contribution in [0.1, 0.15) is 0 Å². The molecule has 1 heterocycles. The van der Waals surface area contributed by atoms with Gasteiger partial charge in [0.2, 0.25) is 0 Å². The Bertz CT molecular complexity index is 608. The van der Waals surface area contributed by atoms with E-state index in [1.165, 1.54) is 23.0 Å². The van der Waals surface area contributed by atoms with Crippen LogP contribution in [0, 0.1) is 0 Å². The highest BCUT2D eigenvalue weighted by molar-refractivity contribution is 8.13. The standard InChI is InChI=1S/C9H6Cl2N2O2S/c10-7-3-1-4-8(16(11,14)15)9(7)13-6-2-5-12-13/h1-6H. The molecule has 0 aliphatic carbocycles. The van der Waals surface area contributed by atoms with Crippen molar-refractivity contribution in [1.29, 1.82) is 0 Å². The van der Waals surface area contributed by atoms with Gasteiger partial charge in [-0.15, -0.1) is 0 Å². The zero-order valence-electron chi connectivity index (χ0n) is 7.84. The summed E-state index contributed by atoms with van der Waals surface area (Å²) in [6.45, 7) is 0. The molecule has 16 heavy (non-hydrogen) atoms. The Balaban J connectivity index is 2.78. The van der Waals surface area contributed by atoms with Crippen LogP contribution in [0.15, 0.2) is 41.6 Å². The van der Waals surface area contributed by atoms with Crippen molar-refractivity contribution in [2.24, 2.45) is 0 Å². The second-order valence-electron chi connectivity index (χ2n) is 2.98. The van der Waals surface area contributed by atoms with Crippen LogP contribution in [-0.4, -0.2) is 18.2 Å². The average molecular weight is 277 g/mol. The highest BCUT2D eigenvalue weighted by atomic mass is 35.7. The lowest BCUT2D eigenvalue weighted by atomic mass is 10.3. The van der Waals surface area contributed by atoms with E-state index in [2.05, 4.69) is 5.10 Å². The van der Waals surface area contributed by atoms with Crippen LogP contribution in [0.2, 0.25) is 5.02 Å². The maximum Gasteiger partial charge on any atom is 0.263 e. The lowest BCUT2D eigenvalue weighted by molar-refractivity contribution is 0.608. The van der Waals surface area contributed by atoms with Gasteiger partial charge in [0.25, 0.3) is 9.05 Å². The van der Waals surface area contributed by atoms with Gasteiger partial charge in [0.1, 0.15) is 10.6 Å². The summed E-state index contributed by atoms with van der Waals surface area (Å²) < 4.78 is 24.1. The number of benzene rings is 1. The molecule has 1 aromatic carbocycles. The second-order valence-corrected chi connectivity index (χ2v) is 5.92. The maximum absolute atomic E-state index is 11.4. The number of aromatic nitrogens is 2. The summed E-state index contributed by atoms with van der Waals surface area (Å²) in [5.41, 5.74) is 0.254. The molecule has 0 bridgehead atoms. The third kappa shape index (κ3) is 2.07. The minimum Gasteiger partial charge on any atom is -0.238 e. The van der Waals surface area contributed by atoms with Gasteiger partial charge in [-0.1, -0.05) is 17.7 Å². The van der Waals surface area contributed by atoms with Gasteiger partial charge in [-0.2, -0.15) is 5.10 Å². The largest absolute Gasteiger partial charge is 0.263 e. The minimum absolute atomic E-state index is 0.0645. The summed E-state index contributed by atoms with van der Waals surface area (Å²) in [6.07, 6.45) is 3.11. The average Bonchev–Trinajstić information content (AvgIpc) is 2.68. The molecule has 2 aromatic rings. The van der Waals surface area contributed by atoms with E-state index >= 15 is 0 Å². The van der Waals surface area contributed by atoms with Crippen molar-refractivity contribution in [2.75, 3.05) is 0 Å². The van der Waals surface area contributed by atoms with Gasteiger partial charge in [-0.25, -0.2) is 13.1 Å². The van der Waals surface area contributed by atoms with Gasteiger partial charge in [0.15, 0.2) is 0 Å². The molecule has 0 amide bonds. The molecule has 0 atom stereocenters. The van der Waals surface area contributed by atoms with Crippen molar-refractivity contribution < 1.29 is 8.42 Å². The predicted molar refractivity (Wildman–Crippen MR) is 61.6 cm³/mol. The van der Waals surface area contributed by atoms with E-state index in [0.29, 0.717) is 0 Å². The van der Waals surface area contributed by atoms with E-state index in [-0.39, 0.29) is 15.6 Å². The first kappa shape index (κ1) is 11.4. The normalized spacial score (nSPS) is 11.6. The summed E-state index contributed by atoms with van der Waals surface area (Å²) in [5, 5.41) is 4.20. The first-order valence-corrected chi connectivity index (χ1v) is 6.92. The lowest BCUT2D eigenvalue weighted by Gasteiger charge is -2.08. The second kappa shape index (κ2) is 4.08. The third-order valence-corrected chi connectivity index (χ3v) is 3.60. The Kier molecular flexibility index (Phi) is 2.92. The number of hydrogen-bond acceptors (Lipinski definition) is 3. The molecule has 0 N–H and O–H groups in total. The lowest BCUT2D eigenvalue weighted by Crippen LogP contribution is -2.03. The highest BCUT2D eigenvalue weighted by Gasteiger charge is 2.19. The van der Waals surface area contributed by atoms with E-state index in [0.717, 1.165) is 0 Å². The molecule has 4 nitrogen and oxygen atoms in total. The predicted octanol–water partition coefficient (Wildman–Crippen LogP) is 2.45. The monoisotopic (exact) mass is 276 g/mol. The Hall–Kier alpha value is -1.04. The topological polar surface area (TPSA) is 52.0 Å². The Morgan fingerprint density at radius 1 is 1.25 bits per heavy atom. The summed E-state index contributed by atoms with van der Waals surface area (Å²) in [6, 6.07) is 6.13. The minimum atomic E-state index is -3.86. The molecule has 7 heteroatoms. The van der Waals surface area contributed by atoms with E-state index < -0.39 is 9.05 Å². The van der Waals surface area contributed by atoms with Gasteiger partial charge < -0.3 is 0 Å². The van der Waals surface area contributed by atoms with Crippen molar-refractivity contribution in [2.45, 2.75) is 4.90 Å². The molecular formula is C9H6Cl2N2O2S. The summed E-state index contributed by atoms with van der Waals surface area (Å²) in [5.74, 6) is 0. The number of halogens is 2. The Labute approximate surface area is 102 Å². The van der Waals surface area contributed by atoms with Gasteiger partial charge >= 0.3 is 0 Å². The smallest absolute Gasteiger partial charge is 0.238 e. The Morgan fingerprint density at radius 2 is 2.00 bits per heavy atom. The molecule has 0 saturated heterocycles. The fourth-order valence-electron chi connectivity index (χ4n) is 1.32. The molecule has 84 valence electrons. The van der Waals surface area contributed by atoms with Crippen LogP contribution in [0.25, 0.3) is 5.69 Å². The number of rotatable bonds is 2. The molecule has 0 saturated carbocycles. The number of nitrogens with zero attached hydrogens (tertiary/aromatic N) is 2. The van der Waals surface area contributed by atoms with E-state index in [1.54, 1.807) is 18.3 Å². The maximum atomic E-state index is 11.4. The highest BCUT2D eigenvalue weighted by Crippen LogP contribution is 2.29. The fourth-order valence-corrected chi connectivity index (χ4v) is 2.68. The molecule has 0 aliphatic rings. The van der Waals surface area contributed by atoms with Gasteiger partial charge in [0.05, 0.1) is 5.02 Å². The van der Waals surface area contributed by atoms with Crippen LogP contribution in [0.5, 0.6) is 0 Å². The molecule has 0 aliphatic heterocycles. The van der Waals surface area contributed by atoms with Crippen molar-refractivity contribution in [3.63, 3.8) is 0 Å². The summed E-state index contributed by atoms with van der Waals surface area (Å²) in [4.78, 5) is -0.0645. The molecular weight excluding hydrogens is 271 g/mol. The first-order valence-electron chi connectivity index (χ1n) is 4.23. The molecule has 0 fully saturated rings. The molecule has 1 aromatic heterocycles. The van der Waals surface area contributed by atoms with Crippen molar-refractivity contribution in [3.05, 3.63) is 41.7 Å². The van der Waals surface area contributed by atoms with E-state index in [1.807, 2.05) is 0 Å².